The number of hydrogen-bond donors (Lipinski definition) is 1. The monoisotopic (exact) mass is 523 g/mol. The number of nitrogens with zero attached hydrogens (tertiary/aromatic N) is 2. The molecular weight excluding hydrogens is 497 g/mol. The molecule has 1 saturated heterocycles. The largest absolute Gasteiger partial charge is 0.469 e. The molecule has 1 aliphatic heterocycles. The van der Waals surface area contributed by atoms with Crippen molar-refractivity contribution in [2.24, 2.45) is 4.99 Å². The van der Waals surface area contributed by atoms with Crippen LogP contribution >= 0.6 is 35.3 Å². The molecule has 1 aliphatic rings. The first kappa shape index (κ1) is 22.2. The SMILES string of the molecule is CC1(C)CN(C(=NCc2cccs2)NCCc2ccco2)CCS1(=O)=O.I. The lowest BCUT2D eigenvalue weighted by atomic mass is 10.2. The molecule has 3 rings (SSSR count). The molecule has 0 bridgehead atoms. The minimum atomic E-state index is -3.08. The van der Waals surface area contributed by atoms with Gasteiger partial charge in [-0.15, -0.1) is 35.3 Å². The van der Waals surface area contributed by atoms with Gasteiger partial charge < -0.3 is 14.6 Å². The molecule has 150 valence electrons. The predicted octanol–water partition coefficient (Wildman–Crippen LogP) is 3.16. The summed E-state index contributed by atoms with van der Waals surface area (Å²) in [5.74, 6) is 1.82. The van der Waals surface area contributed by atoms with Gasteiger partial charge in [-0.3, -0.25) is 0 Å². The van der Waals surface area contributed by atoms with Gasteiger partial charge in [-0.05, 0) is 37.4 Å². The van der Waals surface area contributed by atoms with E-state index in [1.165, 1.54) is 4.88 Å². The average molecular weight is 523 g/mol. The lowest BCUT2D eigenvalue weighted by Gasteiger charge is -2.39. The first-order valence-electron chi connectivity index (χ1n) is 8.68. The highest BCUT2D eigenvalue weighted by Crippen LogP contribution is 2.24. The standard InChI is InChI=1S/C18H25N3O3S2.HI/c1-18(2)14-21(9-12-26(18,22)23)17(20-13-16-6-4-11-25-16)19-8-7-15-5-3-10-24-15;/h3-6,10-11H,7-9,12-14H2,1-2H3,(H,19,20);1H. The molecule has 9 heteroatoms. The normalized spacial score (nSPS) is 18.7. The number of thiophene rings is 1. The number of sulfone groups is 1. The summed E-state index contributed by atoms with van der Waals surface area (Å²) in [6.07, 6.45) is 2.42. The van der Waals surface area contributed by atoms with Crippen molar-refractivity contribution in [1.29, 1.82) is 0 Å². The summed E-state index contributed by atoms with van der Waals surface area (Å²) in [5, 5.41) is 5.41. The van der Waals surface area contributed by atoms with E-state index in [0.717, 1.165) is 18.1 Å². The Bertz CT molecular complexity index is 831. The van der Waals surface area contributed by atoms with Gasteiger partial charge in [-0.1, -0.05) is 6.07 Å². The highest BCUT2D eigenvalue weighted by Gasteiger charge is 2.41. The van der Waals surface area contributed by atoms with Crippen molar-refractivity contribution in [3.8, 4) is 0 Å². The summed E-state index contributed by atoms with van der Waals surface area (Å²) in [5.41, 5.74) is 0. The fraction of sp³-hybridized carbons (Fsp3) is 0.500. The van der Waals surface area contributed by atoms with Crippen LogP contribution in [0.25, 0.3) is 0 Å². The molecule has 0 aromatic carbocycles. The van der Waals surface area contributed by atoms with E-state index in [4.69, 9.17) is 9.41 Å². The number of guanidine groups is 1. The summed E-state index contributed by atoms with van der Waals surface area (Å²) >= 11 is 1.67. The highest BCUT2D eigenvalue weighted by atomic mass is 127. The van der Waals surface area contributed by atoms with Gasteiger partial charge in [-0.25, -0.2) is 13.4 Å². The number of rotatable bonds is 5. The second-order valence-electron chi connectivity index (χ2n) is 6.98. The number of furan rings is 1. The Kier molecular flexibility index (Phi) is 7.75. The summed E-state index contributed by atoms with van der Waals surface area (Å²) < 4.78 is 29.2. The van der Waals surface area contributed by atoms with Crippen LogP contribution in [0, 0.1) is 0 Å². The van der Waals surface area contributed by atoms with Crippen molar-refractivity contribution >= 4 is 51.1 Å². The molecule has 0 radical (unpaired) electrons. The maximum Gasteiger partial charge on any atom is 0.194 e. The van der Waals surface area contributed by atoms with E-state index >= 15 is 0 Å². The van der Waals surface area contributed by atoms with Crippen molar-refractivity contribution in [3.05, 3.63) is 46.5 Å². The van der Waals surface area contributed by atoms with E-state index in [-0.39, 0.29) is 29.7 Å². The Hall–Kier alpha value is -1.07. The fourth-order valence-electron chi connectivity index (χ4n) is 2.90. The molecule has 27 heavy (non-hydrogen) atoms. The Morgan fingerprint density at radius 2 is 2.19 bits per heavy atom. The third-order valence-corrected chi connectivity index (χ3v) is 7.94. The molecular formula is C18H26IN3O3S2. The summed E-state index contributed by atoms with van der Waals surface area (Å²) in [6.45, 7) is 5.74. The average Bonchev–Trinajstić information content (AvgIpc) is 3.27. The van der Waals surface area contributed by atoms with Crippen LogP contribution in [0.15, 0.2) is 45.3 Å². The maximum absolute atomic E-state index is 12.3. The van der Waals surface area contributed by atoms with E-state index in [9.17, 15) is 8.42 Å². The van der Waals surface area contributed by atoms with Gasteiger partial charge in [0.05, 0.1) is 23.3 Å². The van der Waals surface area contributed by atoms with Gasteiger partial charge in [0.15, 0.2) is 15.8 Å². The van der Waals surface area contributed by atoms with Gasteiger partial charge in [0.2, 0.25) is 0 Å². The van der Waals surface area contributed by atoms with Gasteiger partial charge in [0.1, 0.15) is 5.76 Å². The van der Waals surface area contributed by atoms with Crippen LogP contribution in [0.4, 0.5) is 0 Å². The van der Waals surface area contributed by atoms with Crippen LogP contribution in [0.2, 0.25) is 0 Å². The molecule has 6 nitrogen and oxygen atoms in total. The molecule has 0 saturated carbocycles. The van der Waals surface area contributed by atoms with E-state index in [1.807, 2.05) is 23.6 Å². The van der Waals surface area contributed by atoms with Crippen molar-refractivity contribution < 1.29 is 12.8 Å². The number of halogens is 1. The molecule has 1 N–H and O–H groups in total. The van der Waals surface area contributed by atoms with Crippen LogP contribution in [-0.2, 0) is 22.8 Å². The highest BCUT2D eigenvalue weighted by molar-refractivity contribution is 14.0. The molecule has 2 aromatic rings. The van der Waals surface area contributed by atoms with Crippen molar-refractivity contribution in [2.45, 2.75) is 31.6 Å². The van der Waals surface area contributed by atoms with Crippen LogP contribution in [0.5, 0.6) is 0 Å². The molecule has 1 fully saturated rings. The van der Waals surface area contributed by atoms with E-state index < -0.39 is 14.6 Å². The molecule has 0 atom stereocenters. The summed E-state index contributed by atoms with van der Waals surface area (Å²) in [4.78, 5) is 7.97. The minimum absolute atomic E-state index is 0. The zero-order valence-corrected chi connectivity index (χ0v) is 19.5. The number of aliphatic imine (C=N–C) groups is 1. The fourth-order valence-corrected chi connectivity index (χ4v) is 4.89. The smallest absolute Gasteiger partial charge is 0.194 e. The Morgan fingerprint density at radius 3 is 2.81 bits per heavy atom. The molecule has 3 heterocycles. The zero-order chi connectivity index (χ0) is 18.6. The van der Waals surface area contributed by atoms with Crippen LogP contribution in [-0.4, -0.2) is 49.4 Å². The van der Waals surface area contributed by atoms with Crippen LogP contribution < -0.4 is 5.32 Å². The minimum Gasteiger partial charge on any atom is -0.469 e. The van der Waals surface area contributed by atoms with Crippen LogP contribution in [0.3, 0.4) is 0 Å². The van der Waals surface area contributed by atoms with Gasteiger partial charge >= 0.3 is 0 Å². The zero-order valence-electron chi connectivity index (χ0n) is 15.6. The third-order valence-electron chi connectivity index (χ3n) is 4.54. The first-order chi connectivity index (χ1) is 12.4. The van der Waals surface area contributed by atoms with Gasteiger partial charge in [0.25, 0.3) is 0 Å². The molecule has 0 aliphatic carbocycles. The maximum atomic E-state index is 12.3. The van der Waals surface area contributed by atoms with Crippen molar-refractivity contribution in [2.75, 3.05) is 25.4 Å². The molecule has 2 aromatic heterocycles. The van der Waals surface area contributed by atoms with Crippen LogP contribution in [0.1, 0.15) is 24.5 Å². The predicted molar refractivity (Wildman–Crippen MR) is 121 cm³/mol. The summed E-state index contributed by atoms with van der Waals surface area (Å²) in [7, 11) is -3.08. The first-order valence-corrected chi connectivity index (χ1v) is 11.2. The topological polar surface area (TPSA) is 74.9 Å². The second kappa shape index (κ2) is 9.42. The summed E-state index contributed by atoms with van der Waals surface area (Å²) in [6, 6.07) is 7.88. The number of hydrogen-bond acceptors (Lipinski definition) is 5. The number of nitrogens with one attached hydrogen (secondary N) is 1. The van der Waals surface area contributed by atoms with Gasteiger partial charge in [0, 0.05) is 30.9 Å². The lowest BCUT2D eigenvalue weighted by Crippen LogP contribution is -2.57. The second-order valence-corrected chi connectivity index (χ2v) is 10.8. The third kappa shape index (κ3) is 5.71. The van der Waals surface area contributed by atoms with Crippen molar-refractivity contribution in [1.82, 2.24) is 10.2 Å². The van der Waals surface area contributed by atoms with E-state index in [1.54, 1.807) is 31.4 Å². The Morgan fingerprint density at radius 1 is 1.37 bits per heavy atom. The molecule has 0 unspecified atom stereocenters. The quantitative estimate of drug-likeness (QED) is 0.371. The van der Waals surface area contributed by atoms with E-state index in [0.29, 0.717) is 26.2 Å². The van der Waals surface area contributed by atoms with Gasteiger partial charge in [-0.2, -0.15) is 0 Å². The lowest BCUT2D eigenvalue weighted by molar-refractivity contribution is 0.352. The Balaban J connectivity index is 0.00000261. The molecule has 0 spiro atoms. The van der Waals surface area contributed by atoms with E-state index in [2.05, 4.69) is 16.3 Å². The molecule has 0 amide bonds. The van der Waals surface area contributed by atoms with Crippen molar-refractivity contribution in [3.63, 3.8) is 0 Å². The Labute approximate surface area is 182 Å².